The number of hydrogen-bond donors (Lipinski definition) is 0. The highest BCUT2D eigenvalue weighted by atomic mass is 19.1. The summed E-state index contributed by atoms with van der Waals surface area (Å²) in [6.07, 6.45) is -0.388. The van der Waals surface area contributed by atoms with Crippen LogP contribution in [0.25, 0.3) is 0 Å². The number of carbonyl (C=O) groups excluding carboxylic acids is 1. The summed E-state index contributed by atoms with van der Waals surface area (Å²) in [6.45, 7) is 0.619. The van der Waals surface area contributed by atoms with Crippen molar-refractivity contribution < 1.29 is 23.5 Å². The van der Waals surface area contributed by atoms with Crippen LogP contribution in [0.2, 0.25) is 0 Å². The molecule has 2 heterocycles. The van der Waals surface area contributed by atoms with Gasteiger partial charge >= 0.3 is 0 Å². The van der Waals surface area contributed by atoms with Gasteiger partial charge in [-0.2, -0.15) is 0 Å². The number of benzene rings is 2. The van der Waals surface area contributed by atoms with Gasteiger partial charge in [-0.1, -0.05) is 23.4 Å². The van der Waals surface area contributed by atoms with E-state index >= 15 is 0 Å². The van der Waals surface area contributed by atoms with Gasteiger partial charge in [0.2, 0.25) is 12.9 Å². The van der Waals surface area contributed by atoms with Crippen molar-refractivity contribution >= 4 is 11.6 Å². The number of fused-ring (bicyclic) bond motifs is 1. The second-order valence-electron chi connectivity index (χ2n) is 6.23. The van der Waals surface area contributed by atoms with Crippen molar-refractivity contribution in [3.8, 4) is 11.5 Å². The third kappa shape index (κ3) is 3.20. The van der Waals surface area contributed by atoms with Crippen LogP contribution in [0.15, 0.2) is 47.6 Å². The van der Waals surface area contributed by atoms with Crippen LogP contribution in [0.3, 0.4) is 0 Å². The molecule has 0 N–H and O–H groups in total. The quantitative estimate of drug-likeness (QED) is 0.845. The number of hydrogen-bond acceptors (Lipinski definition) is 5. The number of rotatable bonds is 4. The molecule has 2 aliphatic rings. The Kier molecular flexibility index (Phi) is 4.20. The molecule has 0 unspecified atom stereocenters. The SMILES string of the molecule is CN(Cc1ccc2c(c1)OCO2)C(=O)[C@@H]1CC(c2cccc(F)c2)=NO1. The number of carbonyl (C=O) groups is 1. The van der Waals surface area contributed by atoms with E-state index in [1.165, 1.54) is 12.1 Å². The van der Waals surface area contributed by atoms with Crippen molar-refractivity contribution in [1.82, 2.24) is 4.90 Å². The van der Waals surface area contributed by atoms with Crippen molar-refractivity contribution in [2.75, 3.05) is 13.8 Å². The predicted molar refractivity (Wildman–Crippen MR) is 91.5 cm³/mol. The molecule has 26 heavy (non-hydrogen) atoms. The van der Waals surface area contributed by atoms with Crippen LogP contribution in [0.5, 0.6) is 11.5 Å². The topological polar surface area (TPSA) is 60.4 Å². The lowest BCUT2D eigenvalue weighted by molar-refractivity contribution is -0.141. The number of likely N-dealkylation sites (N-methyl/N-ethyl adjacent to an activating group) is 1. The van der Waals surface area contributed by atoms with E-state index in [-0.39, 0.29) is 18.5 Å². The van der Waals surface area contributed by atoms with Gasteiger partial charge in [-0.25, -0.2) is 4.39 Å². The Morgan fingerprint density at radius 1 is 1.23 bits per heavy atom. The molecule has 134 valence electrons. The fourth-order valence-corrected chi connectivity index (χ4v) is 2.99. The highest BCUT2D eigenvalue weighted by Crippen LogP contribution is 2.32. The Labute approximate surface area is 149 Å². The molecule has 0 spiro atoms. The van der Waals surface area contributed by atoms with Crippen molar-refractivity contribution in [2.24, 2.45) is 5.16 Å². The lowest BCUT2D eigenvalue weighted by atomic mass is 10.0. The standard InChI is InChI=1S/C19H17FN2O4/c1-22(10-12-5-6-16-17(7-12)25-11-24-16)19(23)18-9-15(21-26-18)13-3-2-4-14(20)8-13/h2-8,18H,9-11H2,1H3/t18-/m0/s1. The molecule has 6 nitrogen and oxygen atoms in total. The zero-order chi connectivity index (χ0) is 18.1. The maximum Gasteiger partial charge on any atom is 0.266 e. The highest BCUT2D eigenvalue weighted by molar-refractivity contribution is 6.04. The minimum atomic E-state index is -0.702. The molecule has 0 saturated heterocycles. The first-order valence-electron chi connectivity index (χ1n) is 8.22. The van der Waals surface area contributed by atoms with Crippen LogP contribution in [0.4, 0.5) is 4.39 Å². The summed E-state index contributed by atoms with van der Waals surface area (Å²) in [5, 5.41) is 3.95. The normalized spacial score (nSPS) is 17.6. The first-order valence-corrected chi connectivity index (χ1v) is 8.22. The molecule has 0 bridgehead atoms. The molecule has 2 aliphatic heterocycles. The van der Waals surface area contributed by atoms with Crippen molar-refractivity contribution in [3.05, 3.63) is 59.4 Å². The first kappa shape index (κ1) is 16.4. The van der Waals surface area contributed by atoms with Crippen LogP contribution >= 0.6 is 0 Å². The summed E-state index contributed by atoms with van der Waals surface area (Å²) in [5.41, 5.74) is 2.12. The van der Waals surface area contributed by atoms with Crippen molar-refractivity contribution in [3.63, 3.8) is 0 Å². The number of ether oxygens (including phenoxy) is 2. The second-order valence-corrected chi connectivity index (χ2v) is 6.23. The van der Waals surface area contributed by atoms with E-state index < -0.39 is 6.10 Å². The van der Waals surface area contributed by atoms with Crippen LogP contribution in [0, 0.1) is 5.82 Å². The molecule has 0 fully saturated rings. The van der Waals surface area contributed by atoms with E-state index in [2.05, 4.69) is 5.16 Å². The summed E-state index contributed by atoms with van der Waals surface area (Å²) < 4.78 is 24.0. The third-order valence-electron chi connectivity index (χ3n) is 4.34. The van der Waals surface area contributed by atoms with Crippen LogP contribution in [0.1, 0.15) is 17.5 Å². The summed E-state index contributed by atoms with van der Waals surface area (Å²) >= 11 is 0. The molecule has 7 heteroatoms. The van der Waals surface area contributed by atoms with Gasteiger partial charge < -0.3 is 19.2 Å². The predicted octanol–water partition coefficient (Wildman–Crippen LogP) is 2.71. The molecule has 0 saturated carbocycles. The first-order chi connectivity index (χ1) is 12.6. The van der Waals surface area contributed by atoms with Gasteiger partial charge in [-0.3, -0.25) is 4.79 Å². The van der Waals surface area contributed by atoms with E-state index in [0.717, 1.165) is 5.56 Å². The average Bonchev–Trinajstić information content (AvgIpc) is 3.30. The fraction of sp³-hybridized carbons (Fsp3) is 0.263. The minimum absolute atomic E-state index is 0.183. The van der Waals surface area contributed by atoms with E-state index in [4.69, 9.17) is 14.3 Å². The molecule has 0 radical (unpaired) electrons. The maximum absolute atomic E-state index is 13.4. The number of amides is 1. The van der Waals surface area contributed by atoms with Crippen LogP contribution in [-0.4, -0.2) is 36.5 Å². The minimum Gasteiger partial charge on any atom is -0.454 e. The van der Waals surface area contributed by atoms with E-state index in [1.54, 1.807) is 24.1 Å². The molecule has 1 amide bonds. The van der Waals surface area contributed by atoms with E-state index in [9.17, 15) is 9.18 Å². The summed E-state index contributed by atoms with van der Waals surface area (Å²) in [6, 6.07) is 11.7. The molecule has 1 atom stereocenters. The summed E-state index contributed by atoms with van der Waals surface area (Å²) in [4.78, 5) is 19.5. The summed E-state index contributed by atoms with van der Waals surface area (Å²) in [7, 11) is 1.70. The van der Waals surface area contributed by atoms with Crippen LogP contribution in [-0.2, 0) is 16.2 Å². The smallest absolute Gasteiger partial charge is 0.266 e. The van der Waals surface area contributed by atoms with Gasteiger partial charge in [0.15, 0.2) is 11.5 Å². The fourth-order valence-electron chi connectivity index (χ4n) is 2.99. The van der Waals surface area contributed by atoms with Crippen molar-refractivity contribution in [1.29, 1.82) is 0 Å². The Bertz CT molecular complexity index is 884. The molecular weight excluding hydrogens is 339 g/mol. The lowest BCUT2D eigenvalue weighted by Crippen LogP contribution is -2.36. The summed E-state index contributed by atoms with van der Waals surface area (Å²) in [5.74, 6) is 0.852. The van der Waals surface area contributed by atoms with Crippen molar-refractivity contribution in [2.45, 2.75) is 19.1 Å². The third-order valence-corrected chi connectivity index (χ3v) is 4.34. The molecule has 4 rings (SSSR count). The van der Waals surface area contributed by atoms with Gasteiger partial charge in [-0.05, 0) is 29.8 Å². The van der Waals surface area contributed by atoms with Gasteiger partial charge in [-0.15, -0.1) is 0 Å². The monoisotopic (exact) mass is 356 g/mol. The zero-order valence-electron chi connectivity index (χ0n) is 14.1. The highest BCUT2D eigenvalue weighted by Gasteiger charge is 2.31. The zero-order valence-corrected chi connectivity index (χ0v) is 14.1. The largest absolute Gasteiger partial charge is 0.454 e. The maximum atomic E-state index is 13.4. The van der Waals surface area contributed by atoms with Gasteiger partial charge in [0.1, 0.15) is 5.82 Å². The van der Waals surface area contributed by atoms with E-state index in [1.807, 2.05) is 18.2 Å². The molecule has 0 aliphatic carbocycles. The Morgan fingerprint density at radius 2 is 2.08 bits per heavy atom. The Balaban J connectivity index is 1.39. The molecular formula is C19H17FN2O4. The lowest BCUT2D eigenvalue weighted by Gasteiger charge is -2.20. The molecule has 2 aromatic rings. The molecule has 0 aromatic heterocycles. The van der Waals surface area contributed by atoms with Gasteiger partial charge in [0.05, 0.1) is 5.71 Å². The number of halogens is 1. The van der Waals surface area contributed by atoms with Gasteiger partial charge in [0.25, 0.3) is 5.91 Å². The number of nitrogens with zero attached hydrogens (tertiary/aromatic N) is 2. The van der Waals surface area contributed by atoms with E-state index in [0.29, 0.717) is 35.7 Å². The molecule has 2 aromatic carbocycles. The Hall–Kier alpha value is -3.09. The number of oxime groups is 1. The van der Waals surface area contributed by atoms with Gasteiger partial charge in [0, 0.05) is 25.6 Å². The Morgan fingerprint density at radius 3 is 2.92 bits per heavy atom. The second kappa shape index (κ2) is 6.67. The van der Waals surface area contributed by atoms with Crippen LogP contribution < -0.4 is 9.47 Å². The average molecular weight is 356 g/mol.